The van der Waals surface area contributed by atoms with Crippen molar-refractivity contribution >= 4 is 11.9 Å². The Labute approximate surface area is 202 Å². The van der Waals surface area contributed by atoms with Crippen molar-refractivity contribution in [3.05, 3.63) is 59.9 Å². The van der Waals surface area contributed by atoms with E-state index in [1.165, 1.54) is 29.1 Å². The van der Waals surface area contributed by atoms with E-state index in [9.17, 15) is 31.1 Å². The smallest absolute Gasteiger partial charge is 0.352 e. The summed E-state index contributed by atoms with van der Waals surface area (Å²) in [5, 5.41) is 6.90. The van der Waals surface area contributed by atoms with Gasteiger partial charge in [0.1, 0.15) is 5.82 Å². The van der Waals surface area contributed by atoms with E-state index in [4.69, 9.17) is 0 Å². The van der Waals surface area contributed by atoms with Crippen LogP contribution in [0.3, 0.4) is 0 Å². The molecule has 0 bridgehead atoms. The van der Waals surface area contributed by atoms with Crippen LogP contribution >= 0.6 is 0 Å². The molecular weight excluding hydrogens is 490 g/mol. The maximum atomic E-state index is 14.5. The maximum absolute atomic E-state index is 14.5. The fourth-order valence-electron chi connectivity index (χ4n) is 4.29. The van der Waals surface area contributed by atoms with Crippen molar-refractivity contribution in [2.75, 3.05) is 18.4 Å². The van der Waals surface area contributed by atoms with Gasteiger partial charge in [0, 0.05) is 44.2 Å². The summed E-state index contributed by atoms with van der Waals surface area (Å²) in [5.41, 5.74) is -0.517. The Morgan fingerprint density at radius 2 is 1.92 bits per heavy atom. The van der Waals surface area contributed by atoms with Crippen LogP contribution in [0.1, 0.15) is 29.4 Å². The van der Waals surface area contributed by atoms with Gasteiger partial charge in [-0.05, 0) is 23.6 Å². The molecule has 1 N–H and O–H groups in total. The number of hydrogen-bond donors (Lipinski definition) is 1. The predicted molar refractivity (Wildman–Crippen MR) is 118 cm³/mol. The van der Waals surface area contributed by atoms with Gasteiger partial charge in [-0.1, -0.05) is 19.1 Å². The van der Waals surface area contributed by atoms with E-state index < -0.39 is 54.3 Å². The van der Waals surface area contributed by atoms with Crippen LogP contribution in [-0.4, -0.2) is 55.6 Å². The quantitative estimate of drug-likeness (QED) is 0.505. The number of aryl methyl sites for hydroxylation is 1. The number of piperidine rings is 1. The lowest BCUT2D eigenvalue weighted by atomic mass is 9.88. The van der Waals surface area contributed by atoms with Crippen molar-refractivity contribution in [3.63, 3.8) is 0 Å². The molecule has 0 radical (unpaired) electrons. The number of amides is 1. The summed E-state index contributed by atoms with van der Waals surface area (Å²) in [7, 11) is 1.55. The molecule has 13 heteroatoms. The number of benzene rings is 1. The van der Waals surface area contributed by atoms with E-state index in [2.05, 4.69) is 20.4 Å². The van der Waals surface area contributed by atoms with E-state index in [0.717, 1.165) is 4.90 Å². The zero-order chi connectivity index (χ0) is 26.3. The molecule has 1 aliphatic heterocycles. The van der Waals surface area contributed by atoms with Crippen LogP contribution in [0.15, 0.2) is 42.9 Å². The first-order valence-electron chi connectivity index (χ1n) is 11.0. The maximum Gasteiger partial charge on any atom is 0.419 e. The van der Waals surface area contributed by atoms with Gasteiger partial charge in [0.15, 0.2) is 5.69 Å². The minimum Gasteiger partial charge on any atom is -0.352 e. The molecule has 1 aromatic carbocycles. The summed E-state index contributed by atoms with van der Waals surface area (Å²) in [6.07, 6.45) is -2.38. The number of rotatable bonds is 5. The lowest BCUT2D eigenvalue weighted by Gasteiger charge is -2.43. The Morgan fingerprint density at radius 1 is 1.22 bits per heavy atom. The Kier molecular flexibility index (Phi) is 6.67. The first kappa shape index (κ1) is 25.5. The van der Waals surface area contributed by atoms with Gasteiger partial charge in [-0.25, -0.2) is 23.1 Å². The van der Waals surface area contributed by atoms with Crippen LogP contribution in [0, 0.1) is 11.7 Å². The van der Waals surface area contributed by atoms with Crippen LogP contribution in [0.25, 0.3) is 11.1 Å². The van der Waals surface area contributed by atoms with Crippen molar-refractivity contribution in [3.8, 4) is 11.1 Å². The molecule has 192 valence electrons. The molecule has 2 aromatic heterocycles. The Bertz CT molecular complexity index is 1240. The van der Waals surface area contributed by atoms with E-state index in [1.54, 1.807) is 20.0 Å². The largest absolute Gasteiger partial charge is 0.419 e. The Balaban J connectivity index is 1.61. The van der Waals surface area contributed by atoms with Gasteiger partial charge in [-0.15, -0.1) is 0 Å². The SMILES string of the molecule is C[C@@H]1CC(F)(F)CN(C(=O)c2nn(C)cc2-c2cccc(F)c2)[C@@H]1CNc1ncc(C(F)(F)F)cn1. The van der Waals surface area contributed by atoms with Crippen molar-refractivity contribution in [2.45, 2.75) is 31.5 Å². The third kappa shape index (κ3) is 5.44. The van der Waals surface area contributed by atoms with Gasteiger partial charge in [0.25, 0.3) is 11.8 Å². The zero-order valence-corrected chi connectivity index (χ0v) is 19.2. The number of likely N-dealkylation sites (tertiary alicyclic amines) is 1. The highest BCUT2D eigenvalue weighted by Crippen LogP contribution is 2.36. The fraction of sp³-hybridized carbons (Fsp3) is 0.391. The topological polar surface area (TPSA) is 75.9 Å². The molecule has 1 amide bonds. The van der Waals surface area contributed by atoms with Crippen LogP contribution in [-0.2, 0) is 13.2 Å². The van der Waals surface area contributed by atoms with Crippen molar-refractivity contribution < 1.29 is 31.1 Å². The van der Waals surface area contributed by atoms with Crippen molar-refractivity contribution in [1.29, 1.82) is 0 Å². The van der Waals surface area contributed by atoms with E-state index in [0.29, 0.717) is 18.0 Å². The molecular formula is C23H22F6N6O. The van der Waals surface area contributed by atoms with Crippen molar-refractivity contribution in [1.82, 2.24) is 24.6 Å². The number of aromatic nitrogens is 4. The molecule has 0 saturated carbocycles. The number of alkyl halides is 5. The van der Waals surface area contributed by atoms with Crippen LogP contribution in [0.2, 0.25) is 0 Å². The second-order valence-corrected chi connectivity index (χ2v) is 8.79. The Morgan fingerprint density at radius 3 is 2.56 bits per heavy atom. The molecule has 3 heterocycles. The number of anilines is 1. The number of carbonyl (C=O) groups excluding carboxylic acids is 1. The summed E-state index contributed by atoms with van der Waals surface area (Å²) < 4.78 is 82.5. The monoisotopic (exact) mass is 512 g/mol. The molecule has 3 aromatic rings. The molecule has 0 aliphatic carbocycles. The number of halogens is 6. The highest BCUT2D eigenvalue weighted by atomic mass is 19.4. The molecule has 1 aliphatic rings. The summed E-state index contributed by atoms with van der Waals surface area (Å²) in [6, 6.07) is 4.71. The summed E-state index contributed by atoms with van der Waals surface area (Å²) >= 11 is 0. The van der Waals surface area contributed by atoms with E-state index in [1.807, 2.05) is 0 Å². The average Bonchev–Trinajstić information content (AvgIpc) is 3.18. The molecule has 4 rings (SSSR count). The minimum atomic E-state index is -4.60. The molecule has 7 nitrogen and oxygen atoms in total. The second-order valence-electron chi connectivity index (χ2n) is 8.79. The highest BCUT2D eigenvalue weighted by Gasteiger charge is 2.47. The fourth-order valence-corrected chi connectivity index (χ4v) is 4.29. The minimum absolute atomic E-state index is 0.0868. The summed E-state index contributed by atoms with van der Waals surface area (Å²) in [5.74, 6) is -5.29. The van der Waals surface area contributed by atoms with Gasteiger partial charge in [-0.3, -0.25) is 9.48 Å². The van der Waals surface area contributed by atoms with Gasteiger partial charge in [0.2, 0.25) is 5.95 Å². The molecule has 0 spiro atoms. The first-order chi connectivity index (χ1) is 16.8. The molecule has 36 heavy (non-hydrogen) atoms. The van der Waals surface area contributed by atoms with E-state index >= 15 is 0 Å². The number of carbonyl (C=O) groups is 1. The Hall–Kier alpha value is -3.64. The number of hydrogen-bond acceptors (Lipinski definition) is 5. The average molecular weight is 512 g/mol. The number of nitrogens with zero attached hydrogens (tertiary/aromatic N) is 5. The van der Waals surface area contributed by atoms with Crippen LogP contribution in [0.4, 0.5) is 32.3 Å². The summed E-state index contributed by atoms with van der Waals surface area (Å²) in [4.78, 5) is 21.8. The molecule has 1 saturated heterocycles. The van der Waals surface area contributed by atoms with Crippen molar-refractivity contribution in [2.24, 2.45) is 13.0 Å². The molecule has 0 unspecified atom stereocenters. The van der Waals surface area contributed by atoms with Gasteiger partial charge < -0.3 is 10.2 Å². The highest BCUT2D eigenvalue weighted by molar-refractivity contribution is 5.99. The van der Waals surface area contributed by atoms with Gasteiger partial charge >= 0.3 is 6.18 Å². The van der Waals surface area contributed by atoms with Gasteiger partial charge in [0.05, 0.1) is 18.2 Å². The molecule has 1 fully saturated rings. The lowest BCUT2D eigenvalue weighted by molar-refractivity contribution is -0.138. The number of nitrogens with one attached hydrogen (secondary N) is 1. The van der Waals surface area contributed by atoms with Crippen LogP contribution in [0.5, 0.6) is 0 Å². The predicted octanol–water partition coefficient (Wildman–Crippen LogP) is 4.63. The third-order valence-electron chi connectivity index (χ3n) is 5.96. The van der Waals surface area contributed by atoms with Crippen LogP contribution < -0.4 is 5.32 Å². The normalized spacial score (nSPS) is 19.8. The standard InChI is InChI=1S/C23H22F6N6O/c1-13-7-22(25,26)12-35(18(13)10-32-21-30-8-15(9-31-21)23(27,28)29)20(36)19-17(11-34(2)33-19)14-4-3-5-16(24)6-14/h3-6,8-9,11,13,18H,7,10,12H2,1-2H3,(H,30,31,32)/t13-,18-/m1/s1. The third-order valence-corrected chi connectivity index (χ3v) is 5.96. The zero-order valence-electron chi connectivity index (χ0n) is 19.2. The van der Waals surface area contributed by atoms with E-state index in [-0.39, 0.29) is 23.8 Å². The van der Waals surface area contributed by atoms with Gasteiger partial charge in [-0.2, -0.15) is 18.3 Å². The first-order valence-corrected chi connectivity index (χ1v) is 11.0. The molecule has 2 atom stereocenters. The summed E-state index contributed by atoms with van der Waals surface area (Å²) in [6.45, 7) is 0.589. The second kappa shape index (κ2) is 9.43. The lowest BCUT2D eigenvalue weighted by Crippen LogP contribution is -2.57.